The third-order valence-corrected chi connectivity index (χ3v) is 3.49. The van der Waals surface area contributed by atoms with Crippen LogP contribution >= 0.6 is 0 Å². The molecule has 1 fully saturated rings. The lowest BCUT2D eigenvalue weighted by Crippen LogP contribution is -2.45. The van der Waals surface area contributed by atoms with Crippen molar-refractivity contribution in [1.29, 1.82) is 0 Å². The Labute approximate surface area is 112 Å². The lowest BCUT2D eigenvalue weighted by atomic mass is 9.87. The zero-order valence-corrected chi connectivity index (χ0v) is 11.0. The molecule has 2 rings (SSSR count). The summed E-state index contributed by atoms with van der Waals surface area (Å²) in [5.41, 5.74) is 0.258. The second-order valence-electron chi connectivity index (χ2n) is 4.95. The van der Waals surface area contributed by atoms with Crippen molar-refractivity contribution in [1.82, 2.24) is 10.6 Å². The Morgan fingerprint density at radius 2 is 2.42 bits per heavy atom. The molecule has 1 aromatic carbocycles. The fourth-order valence-electron chi connectivity index (χ4n) is 2.42. The Kier molecular flexibility index (Phi) is 4.50. The van der Waals surface area contributed by atoms with Crippen molar-refractivity contribution in [3.63, 3.8) is 0 Å². The highest BCUT2D eigenvalue weighted by atomic mass is 19.1. The van der Waals surface area contributed by atoms with Crippen LogP contribution in [0.2, 0.25) is 0 Å². The molecular weight excluding hydrogens is 247 g/mol. The molecule has 1 heterocycles. The minimum Gasteiger partial charge on any atom is -0.384 e. The molecule has 1 aliphatic rings. The Morgan fingerprint density at radius 1 is 1.58 bits per heavy atom. The number of rotatable bonds is 5. The van der Waals surface area contributed by atoms with E-state index in [2.05, 4.69) is 10.6 Å². The lowest BCUT2D eigenvalue weighted by Gasteiger charge is -2.25. The molecule has 1 atom stereocenters. The summed E-state index contributed by atoms with van der Waals surface area (Å²) in [5.74, 6) is -0.329. The molecule has 104 valence electrons. The molecule has 0 aromatic heterocycles. The molecular formula is C14H19FN2O2. The van der Waals surface area contributed by atoms with E-state index in [1.165, 1.54) is 12.1 Å². The zero-order chi connectivity index (χ0) is 13.7. The number of halogens is 1. The number of methoxy groups -OCH3 is 1. The highest BCUT2D eigenvalue weighted by Crippen LogP contribution is 2.26. The van der Waals surface area contributed by atoms with Crippen LogP contribution in [0, 0.1) is 11.2 Å². The van der Waals surface area contributed by atoms with Gasteiger partial charge in [0.1, 0.15) is 5.82 Å². The fraction of sp³-hybridized carbons (Fsp3) is 0.500. The van der Waals surface area contributed by atoms with Crippen LogP contribution in [0.5, 0.6) is 0 Å². The molecule has 0 saturated carbocycles. The quantitative estimate of drug-likeness (QED) is 0.838. The van der Waals surface area contributed by atoms with E-state index in [4.69, 9.17) is 4.74 Å². The van der Waals surface area contributed by atoms with Crippen LogP contribution in [0.15, 0.2) is 24.3 Å². The number of benzene rings is 1. The molecule has 5 heteroatoms. The summed E-state index contributed by atoms with van der Waals surface area (Å²) in [6.45, 7) is 2.17. The third kappa shape index (κ3) is 3.30. The van der Waals surface area contributed by atoms with E-state index < -0.39 is 5.41 Å². The van der Waals surface area contributed by atoms with Gasteiger partial charge in [-0.05, 0) is 30.7 Å². The first kappa shape index (κ1) is 14.0. The SMILES string of the molecule is COCC1(C(=O)NCc2cccc(F)c2)CCNC1. The predicted octanol–water partition coefficient (Wildman–Crippen LogP) is 1.07. The molecule has 1 aromatic rings. The zero-order valence-electron chi connectivity index (χ0n) is 11.0. The summed E-state index contributed by atoms with van der Waals surface area (Å²) < 4.78 is 18.2. The van der Waals surface area contributed by atoms with E-state index in [1.54, 1.807) is 19.2 Å². The van der Waals surface area contributed by atoms with E-state index in [-0.39, 0.29) is 11.7 Å². The summed E-state index contributed by atoms with van der Waals surface area (Å²) in [6.07, 6.45) is 0.760. The van der Waals surface area contributed by atoms with E-state index >= 15 is 0 Å². The summed E-state index contributed by atoms with van der Waals surface area (Å²) >= 11 is 0. The molecule has 1 unspecified atom stereocenters. The van der Waals surface area contributed by atoms with Gasteiger partial charge in [-0.3, -0.25) is 4.79 Å². The Morgan fingerprint density at radius 3 is 3.05 bits per heavy atom. The van der Waals surface area contributed by atoms with Gasteiger partial charge in [0, 0.05) is 20.2 Å². The molecule has 0 radical (unpaired) electrons. The summed E-state index contributed by atoms with van der Waals surface area (Å²) in [5, 5.41) is 6.05. The largest absolute Gasteiger partial charge is 0.384 e. The fourth-order valence-corrected chi connectivity index (χ4v) is 2.42. The molecule has 2 N–H and O–H groups in total. The summed E-state index contributed by atoms with van der Waals surface area (Å²) in [4.78, 5) is 12.3. The maximum atomic E-state index is 13.0. The second-order valence-corrected chi connectivity index (χ2v) is 4.95. The number of carbonyl (C=O) groups is 1. The van der Waals surface area contributed by atoms with Crippen molar-refractivity contribution in [3.8, 4) is 0 Å². The number of carbonyl (C=O) groups excluding carboxylic acids is 1. The number of nitrogens with one attached hydrogen (secondary N) is 2. The topological polar surface area (TPSA) is 50.4 Å². The standard InChI is InChI=1S/C14H19FN2O2/c1-19-10-14(5-6-16-9-14)13(18)17-8-11-3-2-4-12(15)7-11/h2-4,7,16H,5-6,8-10H2,1H3,(H,17,18). The average molecular weight is 266 g/mol. The summed E-state index contributed by atoms with van der Waals surface area (Å²) in [6, 6.07) is 6.24. The van der Waals surface area contributed by atoms with Crippen LogP contribution in [0.3, 0.4) is 0 Å². The maximum Gasteiger partial charge on any atom is 0.230 e. The average Bonchev–Trinajstić information content (AvgIpc) is 2.86. The van der Waals surface area contributed by atoms with E-state index in [1.807, 2.05) is 0 Å². The first-order valence-electron chi connectivity index (χ1n) is 6.39. The van der Waals surface area contributed by atoms with Gasteiger partial charge in [-0.2, -0.15) is 0 Å². The molecule has 1 saturated heterocycles. The Bertz CT molecular complexity index is 445. The van der Waals surface area contributed by atoms with E-state index in [0.29, 0.717) is 19.7 Å². The number of hydrogen-bond donors (Lipinski definition) is 2. The number of ether oxygens (including phenoxy) is 1. The molecule has 4 nitrogen and oxygen atoms in total. The third-order valence-electron chi connectivity index (χ3n) is 3.49. The van der Waals surface area contributed by atoms with Crippen molar-refractivity contribution in [2.24, 2.45) is 5.41 Å². The van der Waals surface area contributed by atoms with Crippen LogP contribution in [0.1, 0.15) is 12.0 Å². The van der Waals surface area contributed by atoms with Crippen molar-refractivity contribution < 1.29 is 13.9 Å². The lowest BCUT2D eigenvalue weighted by molar-refractivity contribution is -0.133. The van der Waals surface area contributed by atoms with Gasteiger partial charge in [-0.25, -0.2) is 4.39 Å². The number of hydrogen-bond acceptors (Lipinski definition) is 3. The van der Waals surface area contributed by atoms with Gasteiger partial charge in [0.2, 0.25) is 5.91 Å². The first-order valence-corrected chi connectivity index (χ1v) is 6.39. The van der Waals surface area contributed by atoms with E-state index in [0.717, 1.165) is 18.5 Å². The molecule has 0 bridgehead atoms. The van der Waals surface area contributed by atoms with Crippen molar-refractivity contribution >= 4 is 5.91 Å². The minimum absolute atomic E-state index is 0.0383. The smallest absolute Gasteiger partial charge is 0.230 e. The Hall–Kier alpha value is -1.46. The highest BCUT2D eigenvalue weighted by molar-refractivity contribution is 5.83. The normalized spacial score (nSPS) is 22.4. The van der Waals surface area contributed by atoms with Crippen LogP contribution in [0.4, 0.5) is 4.39 Å². The van der Waals surface area contributed by atoms with Crippen molar-refractivity contribution in [3.05, 3.63) is 35.6 Å². The van der Waals surface area contributed by atoms with Gasteiger partial charge in [-0.1, -0.05) is 12.1 Å². The van der Waals surface area contributed by atoms with Gasteiger partial charge in [-0.15, -0.1) is 0 Å². The van der Waals surface area contributed by atoms with Crippen molar-refractivity contribution in [2.75, 3.05) is 26.8 Å². The molecule has 0 aliphatic carbocycles. The molecule has 1 amide bonds. The number of amides is 1. The van der Waals surface area contributed by atoms with Gasteiger partial charge in [0.15, 0.2) is 0 Å². The van der Waals surface area contributed by atoms with Crippen LogP contribution in [0.25, 0.3) is 0 Å². The highest BCUT2D eigenvalue weighted by Gasteiger charge is 2.41. The monoisotopic (exact) mass is 266 g/mol. The van der Waals surface area contributed by atoms with Gasteiger partial charge in [0.25, 0.3) is 0 Å². The van der Waals surface area contributed by atoms with Crippen LogP contribution in [-0.4, -0.2) is 32.7 Å². The molecule has 1 aliphatic heterocycles. The van der Waals surface area contributed by atoms with Gasteiger partial charge < -0.3 is 15.4 Å². The van der Waals surface area contributed by atoms with Crippen molar-refractivity contribution in [2.45, 2.75) is 13.0 Å². The first-order chi connectivity index (χ1) is 9.16. The van der Waals surface area contributed by atoms with E-state index in [9.17, 15) is 9.18 Å². The molecule has 0 spiro atoms. The van der Waals surface area contributed by atoms with Crippen LogP contribution < -0.4 is 10.6 Å². The second kappa shape index (κ2) is 6.12. The maximum absolute atomic E-state index is 13.0. The minimum atomic E-state index is -0.498. The Balaban J connectivity index is 1.96. The predicted molar refractivity (Wildman–Crippen MR) is 70.0 cm³/mol. The summed E-state index contributed by atoms with van der Waals surface area (Å²) in [7, 11) is 1.60. The van der Waals surface area contributed by atoms with Gasteiger partial charge in [0.05, 0.1) is 12.0 Å². The molecule has 19 heavy (non-hydrogen) atoms. The van der Waals surface area contributed by atoms with Crippen LogP contribution in [-0.2, 0) is 16.1 Å². The van der Waals surface area contributed by atoms with Gasteiger partial charge >= 0.3 is 0 Å².